The Balaban J connectivity index is 1.24. The SMILES string of the molecule is O=C1OC[C@@H]2OC(=O)c3cc(O)c(O)c(O)c3-c3c(O)c(O)c(O)c4c3C(=O)O[C@H]([C@H]2OC(=O)c2cc(O)c(O)c(O)c2-c2c1cc(O)c(O)c2O)[C@H]1OC(=O)c2c-4c(O)c(O)c(O)c2[C@@H]1c1c(O)cc(O)c2c1OC(c1ccc(O)c(O)c1)[C@H](O)C2. The van der Waals surface area contributed by atoms with Gasteiger partial charge in [-0.3, -0.25) is 0 Å². The summed E-state index contributed by atoms with van der Waals surface area (Å²) in [4.78, 5) is 76.2. The van der Waals surface area contributed by atoms with Gasteiger partial charge in [-0.05, 0) is 35.9 Å². The predicted octanol–water partition coefficient (Wildman–Crippen LogP) is 3.28. The summed E-state index contributed by atoms with van der Waals surface area (Å²) in [6, 6.07) is 4.59. The first-order valence-electron chi connectivity index (χ1n) is 25.0. The number of benzene rings is 7. The first kappa shape index (κ1) is 55.4. The molecule has 448 valence electrons. The molecule has 0 amide bonds. The van der Waals surface area contributed by atoms with E-state index in [1.165, 1.54) is 0 Å². The Morgan fingerprint density at radius 1 is 0.345 bits per heavy atom. The van der Waals surface area contributed by atoms with Crippen molar-refractivity contribution in [3.63, 3.8) is 0 Å². The fourth-order valence-electron chi connectivity index (χ4n) is 11.6. The third-order valence-electron chi connectivity index (χ3n) is 15.5. The number of fused-ring (bicyclic) bond motifs is 8. The maximum Gasteiger partial charge on any atom is 0.340 e. The van der Waals surface area contributed by atoms with E-state index in [4.69, 9.17) is 28.4 Å². The molecule has 6 aliphatic heterocycles. The van der Waals surface area contributed by atoms with Crippen LogP contribution < -0.4 is 4.74 Å². The maximum absolute atomic E-state index is 15.9. The molecule has 0 aliphatic carbocycles. The number of ether oxygens (including phenoxy) is 6. The van der Waals surface area contributed by atoms with Crippen LogP contribution in [0, 0.1) is 0 Å². The zero-order valence-corrected chi connectivity index (χ0v) is 42.9. The third kappa shape index (κ3) is 7.75. The van der Waals surface area contributed by atoms with Crippen LogP contribution in [0.1, 0.15) is 86.1 Å². The number of rotatable bonds is 2. The van der Waals surface area contributed by atoms with Gasteiger partial charge in [0.15, 0.2) is 93.4 Å². The molecule has 20 N–H and O–H groups in total. The van der Waals surface area contributed by atoms with Crippen molar-refractivity contribution in [2.75, 3.05) is 6.61 Å². The normalized spacial score (nSPS) is 20.9. The quantitative estimate of drug-likeness (QED) is 0.0671. The Bertz CT molecular complexity index is 4350. The number of carbonyl (C=O) groups is 5. The Kier molecular flexibility index (Phi) is 12.1. The van der Waals surface area contributed by atoms with Gasteiger partial charge in [-0.15, -0.1) is 0 Å². The number of hydrogen-bond donors (Lipinski definition) is 20. The number of aliphatic hydroxyl groups excluding tert-OH is 1. The summed E-state index contributed by atoms with van der Waals surface area (Å²) in [5.74, 6) is -40.6. The van der Waals surface area contributed by atoms with E-state index in [0.717, 1.165) is 18.2 Å². The van der Waals surface area contributed by atoms with Gasteiger partial charge < -0.3 is 131 Å². The lowest BCUT2D eigenvalue weighted by molar-refractivity contribution is -0.135. The summed E-state index contributed by atoms with van der Waals surface area (Å²) >= 11 is 0. The molecule has 7 aromatic carbocycles. The van der Waals surface area contributed by atoms with Gasteiger partial charge in [-0.25, -0.2) is 24.0 Å². The average Bonchev–Trinajstić information content (AvgIpc) is 1.29. The van der Waals surface area contributed by atoms with Gasteiger partial charge in [0.05, 0.1) is 39.8 Å². The fraction of sp³-hybridized carbons (Fsp3) is 0.161. The number of phenols is 19. The maximum atomic E-state index is 15.9. The molecule has 13 rings (SSSR count). The van der Waals surface area contributed by atoms with Crippen molar-refractivity contribution < 1.29 is 155 Å². The second-order valence-corrected chi connectivity index (χ2v) is 20.3. The number of esters is 5. The number of phenolic OH excluding ortho intramolecular Hbond substituents is 19. The van der Waals surface area contributed by atoms with Crippen molar-refractivity contribution in [2.24, 2.45) is 0 Å². The van der Waals surface area contributed by atoms with Crippen LogP contribution in [0.15, 0.2) is 42.5 Å². The second kappa shape index (κ2) is 18.9. The minimum atomic E-state index is -3.01. The molecule has 6 heterocycles. The first-order valence-corrected chi connectivity index (χ1v) is 25.0. The largest absolute Gasteiger partial charge is 0.507 e. The van der Waals surface area contributed by atoms with Crippen LogP contribution in [-0.2, 0) is 30.1 Å². The summed E-state index contributed by atoms with van der Waals surface area (Å²) in [5.41, 5.74) is -17.4. The lowest BCUT2D eigenvalue weighted by Gasteiger charge is -2.43. The van der Waals surface area contributed by atoms with Crippen LogP contribution in [0.4, 0.5) is 0 Å². The number of cyclic esters (lactones) is 1. The number of aromatic hydroxyl groups is 19. The standard InChI is InChI=1S/C56H38O31/c57-15-2-1-10(3-17(15)59)47-22(64)4-11-16(58)8-18(60)27(48(11)84-47)32-31-34-30(43(73)46(76)44(31)74)29-33-28(41(71)45(75)42(29)72)26-14(7-21(63)37(67)40(26)70)53(78)83-23-9-82-52(77)12-5-19(61)35(65)38(68)24(12)25-13(6-20(62)36(66)39(25)69)54(79)85-49(23)51(87-56(33)81)50(32)86-55(34)80/h1-3,5-8,22-23,32,47,49-51,57-76H,4,9H2/t22-,23+,32+,47?,49+,50+,51-/m1/s1. The van der Waals surface area contributed by atoms with Crippen molar-refractivity contribution in [1.29, 1.82) is 0 Å². The van der Waals surface area contributed by atoms with E-state index >= 15 is 19.2 Å². The topological polar surface area (TPSA) is 545 Å². The number of aliphatic hydroxyl groups is 1. The highest BCUT2D eigenvalue weighted by Crippen LogP contribution is 2.64. The molecule has 0 spiro atoms. The smallest absolute Gasteiger partial charge is 0.340 e. The fourth-order valence-corrected chi connectivity index (χ4v) is 11.6. The van der Waals surface area contributed by atoms with Crippen LogP contribution in [0.2, 0.25) is 0 Å². The number of carbonyl (C=O) groups excluding carboxylic acids is 5. The van der Waals surface area contributed by atoms with Crippen molar-refractivity contribution in [2.45, 2.75) is 49.0 Å². The molecule has 31 heteroatoms. The van der Waals surface area contributed by atoms with E-state index in [-0.39, 0.29) is 11.6 Å². The molecule has 6 bridgehead atoms. The lowest BCUT2D eigenvalue weighted by Crippen LogP contribution is -2.56. The Morgan fingerprint density at radius 2 is 0.805 bits per heavy atom. The molecule has 6 aliphatic rings. The van der Waals surface area contributed by atoms with E-state index in [1.54, 1.807) is 0 Å². The highest BCUT2D eigenvalue weighted by molar-refractivity contribution is 6.17. The van der Waals surface area contributed by atoms with Gasteiger partial charge >= 0.3 is 29.8 Å². The minimum absolute atomic E-state index is 0.140. The summed E-state index contributed by atoms with van der Waals surface area (Å²) < 4.78 is 35.9. The Hall–Kier alpha value is -12.2. The van der Waals surface area contributed by atoms with Gasteiger partial charge in [0.2, 0.25) is 28.7 Å². The molecular formula is C56H38O31. The van der Waals surface area contributed by atoms with Crippen molar-refractivity contribution in [1.82, 2.24) is 0 Å². The minimum Gasteiger partial charge on any atom is -0.507 e. The van der Waals surface area contributed by atoms with Crippen LogP contribution in [-0.4, -0.2) is 169 Å². The van der Waals surface area contributed by atoms with E-state index < -0.39 is 278 Å². The molecule has 1 unspecified atom stereocenters. The van der Waals surface area contributed by atoms with Gasteiger partial charge in [0.25, 0.3) is 0 Å². The van der Waals surface area contributed by atoms with Crippen molar-refractivity contribution in [3.05, 3.63) is 92.5 Å². The van der Waals surface area contributed by atoms with E-state index in [9.17, 15) is 107 Å². The summed E-state index contributed by atoms with van der Waals surface area (Å²) in [5, 5.41) is 228. The van der Waals surface area contributed by atoms with Crippen LogP contribution in [0.3, 0.4) is 0 Å². The average molecular weight is 1210 g/mol. The van der Waals surface area contributed by atoms with E-state index in [1.807, 2.05) is 0 Å². The van der Waals surface area contributed by atoms with Crippen molar-refractivity contribution in [3.8, 4) is 148 Å². The van der Waals surface area contributed by atoms with Gasteiger partial charge in [-0.1, -0.05) is 6.07 Å². The first-order chi connectivity index (χ1) is 41.0. The van der Waals surface area contributed by atoms with Gasteiger partial charge in [-0.2, -0.15) is 0 Å². The van der Waals surface area contributed by atoms with Gasteiger partial charge in [0.1, 0.15) is 30.0 Å². The van der Waals surface area contributed by atoms with Crippen LogP contribution in [0.25, 0.3) is 33.4 Å². The highest BCUT2D eigenvalue weighted by atomic mass is 16.6. The molecule has 87 heavy (non-hydrogen) atoms. The molecule has 7 aromatic rings. The lowest BCUT2D eigenvalue weighted by atomic mass is 9.73. The zero-order valence-electron chi connectivity index (χ0n) is 42.9. The molecule has 31 nitrogen and oxygen atoms in total. The molecule has 0 aromatic heterocycles. The molecule has 0 saturated carbocycles. The Morgan fingerprint density at radius 3 is 1.37 bits per heavy atom. The van der Waals surface area contributed by atoms with Gasteiger partial charge in [0, 0.05) is 62.6 Å². The second-order valence-electron chi connectivity index (χ2n) is 20.3. The zero-order chi connectivity index (χ0) is 62.7. The summed E-state index contributed by atoms with van der Waals surface area (Å²) in [6.45, 7) is -1.64. The van der Waals surface area contributed by atoms with E-state index in [0.29, 0.717) is 18.2 Å². The Labute approximate surface area is 479 Å². The van der Waals surface area contributed by atoms with Crippen molar-refractivity contribution >= 4 is 29.8 Å². The molecular weight excluding hydrogens is 1170 g/mol. The van der Waals surface area contributed by atoms with E-state index in [2.05, 4.69) is 0 Å². The summed E-state index contributed by atoms with van der Waals surface area (Å²) in [6.07, 6.45) is -15.7. The highest BCUT2D eigenvalue weighted by Gasteiger charge is 2.58. The monoisotopic (exact) mass is 1210 g/mol. The molecule has 0 radical (unpaired) electrons. The summed E-state index contributed by atoms with van der Waals surface area (Å²) in [7, 11) is 0. The third-order valence-corrected chi connectivity index (χ3v) is 15.5. The van der Waals surface area contributed by atoms with Crippen LogP contribution in [0.5, 0.6) is 115 Å². The van der Waals surface area contributed by atoms with Crippen LogP contribution >= 0.6 is 0 Å². The molecule has 0 fully saturated rings. The molecule has 0 saturated heterocycles. The molecule has 7 atom stereocenters. The number of hydrogen-bond acceptors (Lipinski definition) is 31. The predicted molar refractivity (Wildman–Crippen MR) is 276 cm³/mol.